The Morgan fingerprint density at radius 3 is 2.82 bits per heavy atom. The van der Waals surface area contributed by atoms with Gasteiger partial charge in [0.05, 0.1) is 11.6 Å². The number of unbranched alkanes of at least 4 members (excludes halogenated alkanes) is 3. The van der Waals surface area contributed by atoms with E-state index in [4.69, 9.17) is 9.15 Å². The maximum Gasteiger partial charge on any atom is 0.420 e. The van der Waals surface area contributed by atoms with Gasteiger partial charge in [-0.05, 0) is 31.9 Å². The van der Waals surface area contributed by atoms with E-state index in [0.29, 0.717) is 11.1 Å². The van der Waals surface area contributed by atoms with E-state index in [1.165, 1.54) is 17.4 Å². The topological polar surface area (TPSA) is 61.4 Å². The van der Waals surface area contributed by atoms with Gasteiger partial charge in [0.15, 0.2) is 5.58 Å². The molecule has 0 bridgehead atoms. The molecule has 120 valence electrons. The summed E-state index contributed by atoms with van der Waals surface area (Å²) in [7, 11) is 0. The van der Waals surface area contributed by atoms with Crippen LogP contribution in [0.25, 0.3) is 11.1 Å². The molecule has 5 heteroatoms. The number of carbonyl (C=O) groups is 1. The van der Waals surface area contributed by atoms with Crippen molar-refractivity contribution in [3.8, 4) is 0 Å². The molecule has 0 amide bonds. The molecule has 0 aliphatic rings. The van der Waals surface area contributed by atoms with Gasteiger partial charge in [-0.15, -0.1) is 0 Å². The number of para-hydroxylation sites is 2. The number of carbonyl (C=O) groups excluding carboxylic acids is 1. The fourth-order valence-corrected chi connectivity index (χ4v) is 2.47. The van der Waals surface area contributed by atoms with Crippen LogP contribution in [0.5, 0.6) is 0 Å². The van der Waals surface area contributed by atoms with Crippen molar-refractivity contribution in [2.45, 2.75) is 58.6 Å². The van der Waals surface area contributed by atoms with Crippen LogP contribution in [0.3, 0.4) is 0 Å². The molecule has 0 saturated carbocycles. The van der Waals surface area contributed by atoms with Gasteiger partial charge in [-0.2, -0.15) is 0 Å². The maximum atomic E-state index is 12.0. The summed E-state index contributed by atoms with van der Waals surface area (Å²) in [5, 5.41) is 0. The summed E-state index contributed by atoms with van der Waals surface area (Å²) < 4.78 is 11.8. The van der Waals surface area contributed by atoms with Gasteiger partial charge in [0.2, 0.25) is 0 Å². The van der Waals surface area contributed by atoms with Gasteiger partial charge in [-0.1, -0.05) is 38.3 Å². The first-order valence-corrected chi connectivity index (χ1v) is 7.89. The molecule has 5 nitrogen and oxygen atoms in total. The fraction of sp³-hybridized carbons (Fsp3) is 0.529. The molecule has 0 aliphatic heterocycles. The molecule has 1 heterocycles. The van der Waals surface area contributed by atoms with Crippen molar-refractivity contribution in [3.05, 3.63) is 34.8 Å². The van der Waals surface area contributed by atoms with Crippen molar-refractivity contribution in [2.75, 3.05) is 0 Å². The second-order valence-electron chi connectivity index (χ2n) is 5.57. The normalized spacial score (nSPS) is 12.5. The van der Waals surface area contributed by atoms with E-state index >= 15 is 0 Å². The Bertz CT molecular complexity index is 671. The third-order valence-electron chi connectivity index (χ3n) is 3.66. The molecule has 1 aromatic carbocycles. The summed E-state index contributed by atoms with van der Waals surface area (Å²) in [5.41, 5.74) is 1.09. The minimum Gasteiger partial charge on any atom is -0.461 e. The van der Waals surface area contributed by atoms with Crippen molar-refractivity contribution < 1.29 is 13.9 Å². The number of oxazole rings is 1. The molecular weight excluding hydrogens is 282 g/mol. The van der Waals surface area contributed by atoms with Crippen LogP contribution in [0.2, 0.25) is 0 Å². The molecule has 0 N–H and O–H groups in total. The second kappa shape index (κ2) is 7.82. The molecule has 1 aromatic heterocycles. The number of esters is 1. The fourth-order valence-electron chi connectivity index (χ4n) is 2.47. The highest BCUT2D eigenvalue weighted by Crippen LogP contribution is 2.12. The van der Waals surface area contributed by atoms with Crippen LogP contribution < -0.4 is 5.76 Å². The molecule has 2 rings (SSSR count). The highest BCUT2D eigenvalue weighted by atomic mass is 16.5. The molecule has 0 unspecified atom stereocenters. The molecule has 0 aliphatic carbocycles. The summed E-state index contributed by atoms with van der Waals surface area (Å²) in [6.45, 7) is 3.94. The first kappa shape index (κ1) is 16.3. The smallest absolute Gasteiger partial charge is 0.420 e. The van der Waals surface area contributed by atoms with Gasteiger partial charge >= 0.3 is 11.7 Å². The summed E-state index contributed by atoms with van der Waals surface area (Å²) in [6.07, 6.45) is 5.33. The van der Waals surface area contributed by atoms with Crippen LogP contribution >= 0.6 is 0 Å². The van der Waals surface area contributed by atoms with Gasteiger partial charge in [0.25, 0.3) is 0 Å². The summed E-state index contributed by atoms with van der Waals surface area (Å²) in [6, 6.07) is 7.04. The first-order chi connectivity index (χ1) is 10.6. The molecule has 0 saturated heterocycles. The number of ether oxygens (including phenoxy) is 1. The quantitative estimate of drug-likeness (QED) is 0.553. The number of benzene rings is 1. The zero-order chi connectivity index (χ0) is 15.9. The van der Waals surface area contributed by atoms with E-state index in [1.54, 1.807) is 24.3 Å². The number of hydrogen-bond acceptors (Lipinski definition) is 4. The van der Waals surface area contributed by atoms with E-state index in [2.05, 4.69) is 6.92 Å². The zero-order valence-corrected chi connectivity index (χ0v) is 13.2. The molecule has 0 spiro atoms. The Morgan fingerprint density at radius 1 is 1.27 bits per heavy atom. The van der Waals surface area contributed by atoms with E-state index in [1.807, 2.05) is 6.92 Å². The molecule has 0 radical (unpaired) electrons. The van der Waals surface area contributed by atoms with Gasteiger partial charge in [-0.3, -0.25) is 9.36 Å². The average Bonchev–Trinajstić information content (AvgIpc) is 2.80. The SMILES string of the molecule is CCCCCC[C@H](C)OC(=O)Cn1c(=O)oc2ccccc21. The van der Waals surface area contributed by atoms with Crippen LogP contribution in [0.1, 0.15) is 46.0 Å². The Kier molecular flexibility index (Phi) is 5.81. The van der Waals surface area contributed by atoms with Crippen LogP contribution in [-0.4, -0.2) is 16.6 Å². The molecule has 0 fully saturated rings. The van der Waals surface area contributed by atoms with Gasteiger partial charge < -0.3 is 9.15 Å². The highest BCUT2D eigenvalue weighted by molar-refractivity contribution is 5.76. The Hall–Kier alpha value is -2.04. The van der Waals surface area contributed by atoms with E-state index in [-0.39, 0.29) is 12.6 Å². The number of fused-ring (bicyclic) bond motifs is 1. The molecule has 22 heavy (non-hydrogen) atoms. The Balaban J connectivity index is 1.91. The van der Waals surface area contributed by atoms with Crippen molar-refractivity contribution in [3.63, 3.8) is 0 Å². The number of nitrogens with zero attached hydrogens (tertiary/aromatic N) is 1. The van der Waals surface area contributed by atoms with E-state index in [9.17, 15) is 9.59 Å². The lowest BCUT2D eigenvalue weighted by atomic mass is 10.1. The van der Waals surface area contributed by atoms with E-state index in [0.717, 1.165) is 19.3 Å². The monoisotopic (exact) mass is 305 g/mol. The third kappa shape index (κ3) is 4.23. The zero-order valence-electron chi connectivity index (χ0n) is 13.2. The van der Waals surface area contributed by atoms with Crippen molar-refractivity contribution in [2.24, 2.45) is 0 Å². The summed E-state index contributed by atoms with van der Waals surface area (Å²) >= 11 is 0. The predicted octanol–water partition coefficient (Wildman–Crippen LogP) is 3.50. The molecule has 2 aromatic rings. The minimum atomic E-state index is -0.534. The number of hydrogen-bond donors (Lipinski definition) is 0. The predicted molar refractivity (Wildman–Crippen MR) is 84.8 cm³/mol. The summed E-state index contributed by atoms with van der Waals surface area (Å²) in [4.78, 5) is 23.8. The third-order valence-corrected chi connectivity index (χ3v) is 3.66. The van der Waals surface area contributed by atoms with Crippen molar-refractivity contribution in [1.82, 2.24) is 4.57 Å². The number of aromatic nitrogens is 1. The van der Waals surface area contributed by atoms with Gasteiger partial charge in [0, 0.05) is 0 Å². The molecule has 1 atom stereocenters. The lowest BCUT2D eigenvalue weighted by molar-refractivity contribution is -0.149. The lowest BCUT2D eigenvalue weighted by Gasteiger charge is -2.13. The van der Waals surface area contributed by atoms with E-state index < -0.39 is 11.7 Å². The molecular formula is C17H23NO4. The number of rotatable bonds is 8. The Labute approximate surface area is 129 Å². The standard InChI is InChI=1S/C17H23NO4/c1-3-4-5-6-9-13(2)21-16(19)12-18-14-10-7-8-11-15(14)22-17(18)20/h7-8,10-11,13H,3-6,9,12H2,1-2H3/t13-/m0/s1. The average molecular weight is 305 g/mol. The lowest BCUT2D eigenvalue weighted by Crippen LogP contribution is -2.24. The van der Waals surface area contributed by atoms with Crippen molar-refractivity contribution >= 4 is 17.1 Å². The van der Waals surface area contributed by atoms with Crippen LogP contribution in [0.4, 0.5) is 0 Å². The largest absolute Gasteiger partial charge is 0.461 e. The van der Waals surface area contributed by atoms with Crippen LogP contribution in [0.15, 0.2) is 33.5 Å². The van der Waals surface area contributed by atoms with Crippen LogP contribution in [0, 0.1) is 0 Å². The van der Waals surface area contributed by atoms with Crippen LogP contribution in [-0.2, 0) is 16.1 Å². The van der Waals surface area contributed by atoms with Crippen molar-refractivity contribution in [1.29, 1.82) is 0 Å². The summed E-state index contributed by atoms with van der Waals surface area (Å²) in [5.74, 6) is -0.939. The first-order valence-electron chi connectivity index (χ1n) is 7.89. The maximum absolute atomic E-state index is 12.0. The van der Waals surface area contributed by atoms with Gasteiger partial charge in [-0.25, -0.2) is 4.79 Å². The van der Waals surface area contributed by atoms with Gasteiger partial charge in [0.1, 0.15) is 6.54 Å². The highest BCUT2D eigenvalue weighted by Gasteiger charge is 2.15. The minimum absolute atomic E-state index is 0.116. The Morgan fingerprint density at radius 2 is 2.05 bits per heavy atom. The second-order valence-corrected chi connectivity index (χ2v) is 5.57.